The minimum Gasteiger partial charge on any atom is -0.489 e. The summed E-state index contributed by atoms with van der Waals surface area (Å²) in [6.45, 7) is 4.50. The molecule has 3 heteroatoms. The minimum atomic E-state index is -0.327. The summed E-state index contributed by atoms with van der Waals surface area (Å²) in [5, 5.41) is 2.95. The Hall–Kier alpha value is -2.29. The minimum absolute atomic E-state index is 0.0909. The summed E-state index contributed by atoms with van der Waals surface area (Å²) in [6, 6.07) is 18.1. The fourth-order valence-electron chi connectivity index (χ4n) is 2.55. The smallest absolute Gasteiger partial charge is 0.228 e. The van der Waals surface area contributed by atoms with Gasteiger partial charge in [0.1, 0.15) is 12.4 Å². The molecule has 0 radical (unpaired) electrons. The van der Waals surface area contributed by atoms with E-state index < -0.39 is 0 Å². The van der Waals surface area contributed by atoms with Gasteiger partial charge in [0, 0.05) is 0 Å². The van der Waals surface area contributed by atoms with Crippen LogP contribution in [0, 0.1) is 5.41 Å². The van der Waals surface area contributed by atoms with Gasteiger partial charge < -0.3 is 10.1 Å². The largest absolute Gasteiger partial charge is 0.489 e. The van der Waals surface area contributed by atoms with Crippen LogP contribution in [0.5, 0.6) is 5.75 Å². The van der Waals surface area contributed by atoms with E-state index >= 15 is 0 Å². The number of amides is 1. The lowest BCUT2D eigenvalue weighted by atomic mass is 9.73. The molecule has 21 heavy (non-hydrogen) atoms. The lowest BCUT2D eigenvalue weighted by Gasteiger charge is -2.44. The van der Waals surface area contributed by atoms with Crippen molar-refractivity contribution in [3.05, 3.63) is 65.7 Å². The molecule has 1 atom stereocenters. The number of nitrogens with one attached hydrogen (secondary N) is 1. The van der Waals surface area contributed by atoms with E-state index in [9.17, 15) is 4.79 Å². The van der Waals surface area contributed by atoms with Gasteiger partial charge in [-0.15, -0.1) is 0 Å². The lowest BCUT2D eigenvalue weighted by Crippen LogP contribution is -2.57. The monoisotopic (exact) mass is 281 g/mol. The Morgan fingerprint density at radius 3 is 2.29 bits per heavy atom. The number of hydrogen-bond acceptors (Lipinski definition) is 2. The molecule has 1 fully saturated rings. The molecule has 0 spiro atoms. The summed E-state index contributed by atoms with van der Waals surface area (Å²) in [6.07, 6.45) is 0. The van der Waals surface area contributed by atoms with Gasteiger partial charge in [0.25, 0.3) is 0 Å². The van der Waals surface area contributed by atoms with E-state index in [4.69, 9.17) is 4.74 Å². The zero-order valence-corrected chi connectivity index (χ0v) is 12.3. The molecule has 3 rings (SSSR count). The van der Waals surface area contributed by atoms with Crippen LogP contribution in [0.3, 0.4) is 0 Å². The number of ether oxygens (including phenoxy) is 1. The fourth-order valence-corrected chi connectivity index (χ4v) is 2.55. The molecule has 0 saturated carbocycles. The van der Waals surface area contributed by atoms with Gasteiger partial charge in [-0.25, -0.2) is 0 Å². The van der Waals surface area contributed by atoms with Crippen LogP contribution in [0.15, 0.2) is 54.6 Å². The number of β-lactam (4-membered cyclic amide) rings is 1. The molecule has 108 valence electrons. The van der Waals surface area contributed by atoms with E-state index in [-0.39, 0.29) is 17.4 Å². The maximum atomic E-state index is 11.5. The summed E-state index contributed by atoms with van der Waals surface area (Å²) in [4.78, 5) is 11.5. The highest BCUT2D eigenvalue weighted by molar-refractivity contribution is 5.89. The van der Waals surface area contributed by atoms with E-state index in [0.717, 1.165) is 16.9 Å². The van der Waals surface area contributed by atoms with Gasteiger partial charge in [0.15, 0.2) is 0 Å². The second-order valence-corrected chi connectivity index (χ2v) is 5.97. The van der Waals surface area contributed by atoms with E-state index in [2.05, 4.69) is 5.32 Å². The molecule has 1 aliphatic rings. The predicted octanol–water partition coefficient (Wildman–Crippen LogP) is 3.46. The standard InChI is InChI=1S/C18H19NO2/c1-18(2)16(19-17(18)20)14-8-10-15(11-9-14)21-12-13-6-4-3-5-7-13/h3-11,16H,12H2,1-2H3,(H,19,20). The number of rotatable bonds is 4. The van der Waals surface area contributed by atoms with Crippen LogP contribution in [-0.2, 0) is 11.4 Å². The third kappa shape index (κ3) is 2.64. The summed E-state index contributed by atoms with van der Waals surface area (Å²) >= 11 is 0. The Bertz CT molecular complexity index is 632. The van der Waals surface area contributed by atoms with Crippen LogP contribution in [0.1, 0.15) is 31.0 Å². The molecule has 1 N–H and O–H groups in total. The number of carbonyl (C=O) groups excluding carboxylic acids is 1. The van der Waals surface area contributed by atoms with Crippen molar-refractivity contribution in [2.24, 2.45) is 5.41 Å². The van der Waals surface area contributed by atoms with Crippen molar-refractivity contribution in [2.75, 3.05) is 0 Å². The van der Waals surface area contributed by atoms with Crippen molar-refractivity contribution in [1.82, 2.24) is 5.32 Å². The van der Waals surface area contributed by atoms with Gasteiger partial charge in [-0.05, 0) is 37.1 Å². The van der Waals surface area contributed by atoms with Crippen molar-refractivity contribution in [3.8, 4) is 5.75 Å². The Balaban J connectivity index is 1.64. The van der Waals surface area contributed by atoms with Gasteiger partial charge in [-0.3, -0.25) is 4.79 Å². The molecule has 1 saturated heterocycles. The van der Waals surface area contributed by atoms with Gasteiger partial charge in [-0.1, -0.05) is 42.5 Å². The van der Waals surface area contributed by atoms with E-state index in [1.807, 2.05) is 68.4 Å². The van der Waals surface area contributed by atoms with E-state index in [1.165, 1.54) is 0 Å². The molecule has 1 heterocycles. The first-order valence-corrected chi connectivity index (χ1v) is 7.15. The van der Waals surface area contributed by atoms with Crippen molar-refractivity contribution in [2.45, 2.75) is 26.5 Å². The molecule has 1 amide bonds. The normalized spacial score (nSPS) is 19.5. The molecular weight excluding hydrogens is 262 g/mol. The molecule has 0 aromatic heterocycles. The Labute approximate surface area is 124 Å². The highest BCUT2D eigenvalue weighted by Gasteiger charge is 2.47. The molecule has 0 aliphatic carbocycles. The zero-order chi connectivity index (χ0) is 14.9. The van der Waals surface area contributed by atoms with Crippen LogP contribution in [0.4, 0.5) is 0 Å². The second-order valence-electron chi connectivity index (χ2n) is 5.97. The van der Waals surface area contributed by atoms with Gasteiger partial charge in [0.2, 0.25) is 5.91 Å². The molecule has 2 aromatic carbocycles. The van der Waals surface area contributed by atoms with Gasteiger partial charge in [0.05, 0.1) is 11.5 Å². The van der Waals surface area contributed by atoms with Gasteiger partial charge in [-0.2, -0.15) is 0 Å². The Morgan fingerprint density at radius 2 is 1.71 bits per heavy atom. The second kappa shape index (κ2) is 5.24. The lowest BCUT2D eigenvalue weighted by molar-refractivity contribution is -0.143. The predicted molar refractivity (Wildman–Crippen MR) is 81.9 cm³/mol. The van der Waals surface area contributed by atoms with Crippen LogP contribution in [0.2, 0.25) is 0 Å². The molecule has 3 nitrogen and oxygen atoms in total. The maximum absolute atomic E-state index is 11.5. The average molecular weight is 281 g/mol. The fraction of sp³-hybridized carbons (Fsp3) is 0.278. The summed E-state index contributed by atoms with van der Waals surface area (Å²) in [7, 11) is 0. The topological polar surface area (TPSA) is 38.3 Å². The quantitative estimate of drug-likeness (QED) is 0.872. The highest BCUT2D eigenvalue weighted by Crippen LogP contribution is 2.41. The SMILES string of the molecule is CC1(C)C(=O)NC1c1ccc(OCc2ccccc2)cc1. The summed E-state index contributed by atoms with van der Waals surface area (Å²) in [5.41, 5.74) is 1.94. The van der Waals surface area contributed by atoms with Crippen molar-refractivity contribution >= 4 is 5.91 Å². The number of hydrogen-bond donors (Lipinski definition) is 1. The number of carbonyl (C=O) groups is 1. The van der Waals surface area contributed by atoms with Crippen molar-refractivity contribution < 1.29 is 9.53 Å². The molecule has 0 bridgehead atoms. The third-order valence-electron chi connectivity index (χ3n) is 4.04. The van der Waals surface area contributed by atoms with Crippen LogP contribution in [0.25, 0.3) is 0 Å². The molecule has 2 aromatic rings. The Morgan fingerprint density at radius 1 is 1.05 bits per heavy atom. The number of benzene rings is 2. The van der Waals surface area contributed by atoms with Crippen LogP contribution in [-0.4, -0.2) is 5.91 Å². The first-order chi connectivity index (χ1) is 10.1. The third-order valence-corrected chi connectivity index (χ3v) is 4.04. The maximum Gasteiger partial charge on any atom is 0.228 e. The first-order valence-electron chi connectivity index (χ1n) is 7.15. The van der Waals surface area contributed by atoms with Gasteiger partial charge >= 0.3 is 0 Å². The zero-order valence-electron chi connectivity index (χ0n) is 12.3. The van der Waals surface area contributed by atoms with Crippen LogP contribution >= 0.6 is 0 Å². The van der Waals surface area contributed by atoms with E-state index in [1.54, 1.807) is 0 Å². The summed E-state index contributed by atoms with van der Waals surface area (Å²) in [5.74, 6) is 0.947. The van der Waals surface area contributed by atoms with Crippen LogP contribution < -0.4 is 10.1 Å². The molecule has 1 aliphatic heterocycles. The first kappa shape index (κ1) is 13.7. The van der Waals surface area contributed by atoms with Crippen molar-refractivity contribution in [1.29, 1.82) is 0 Å². The molecular formula is C18H19NO2. The highest BCUT2D eigenvalue weighted by atomic mass is 16.5. The Kier molecular flexibility index (Phi) is 3.42. The summed E-state index contributed by atoms with van der Waals surface area (Å²) < 4.78 is 5.76. The van der Waals surface area contributed by atoms with E-state index in [0.29, 0.717) is 6.61 Å². The molecule has 1 unspecified atom stereocenters. The average Bonchev–Trinajstić information content (AvgIpc) is 2.52. The van der Waals surface area contributed by atoms with Crippen molar-refractivity contribution in [3.63, 3.8) is 0 Å².